The molecule has 0 fully saturated rings. The highest BCUT2D eigenvalue weighted by molar-refractivity contribution is 5.76. The first kappa shape index (κ1) is 35.9. The third-order valence-electron chi connectivity index (χ3n) is 6.81. The van der Waals surface area contributed by atoms with E-state index in [-0.39, 0.29) is 0 Å². The van der Waals surface area contributed by atoms with Crippen molar-refractivity contribution in [1.82, 2.24) is 44.9 Å². The molecule has 3 aromatic heterocycles. The van der Waals surface area contributed by atoms with Gasteiger partial charge in [0.1, 0.15) is 0 Å². The lowest BCUT2D eigenvalue weighted by Gasteiger charge is -2.14. The lowest BCUT2D eigenvalue weighted by molar-refractivity contribution is 0.917. The van der Waals surface area contributed by atoms with Gasteiger partial charge in [-0.2, -0.15) is 44.9 Å². The molecule has 0 spiro atoms. The summed E-state index contributed by atoms with van der Waals surface area (Å²) in [4.78, 5) is 42.8. The SMILES string of the molecule is CCCNc1nc(NCCC)nc(-c2cc(-c3nc(NCCC)nc(NCCC)n3)cc(-c3nc(NCCC)nc(NCCC)n3)c2)n1. The molecule has 258 valence electrons. The molecule has 0 unspecified atom stereocenters. The van der Waals surface area contributed by atoms with Gasteiger partial charge in [0, 0.05) is 56.0 Å². The third-order valence-corrected chi connectivity index (χ3v) is 6.81. The summed E-state index contributed by atoms with van der Waals surface area (Å²) in [6.07, 6.45) is 5.60. The Balaban J connectivity index is 1.94. The maximum Gasteiger partial charge on any atom is 0.228 e. The monoisotopic (exact) mass is 657 g/mol. The Morgan fingerprint density at radius 2 is 0.500 bits per heavy atom. The van der Waals surface area contributed by atoms with Crippen LogP contribution in [0.25, 0.3) is 34.2 Å². The van der Waals surface area contributed by atoms with Crippen LogP contribution in [0.4, 0.5) is 35.7 Å². The number of anilines is 6. The minimum Gasteiger partial charge on any atom is -0.354 e. The quantitative estimate of drug-likeness (QED) is 0.0596. The highest BCUT2D eigenvalue weighted by Crippen LogP contribution is 2.31. The summed E-state index contributed by atoms with van der Waals surface area (Å²) in [5.74, 6) is 4.50. The van der Waals surface area contributed by atoms with Crippen LogP contribution in [0.2, 0.25) is 0 Å². The van der Waals surface area contributed by atoms with Gasteiger partial charge < -0.3 is 31.9 Å². The first-order valence-corrected chi connectivity index (χ1v) is 17.4. The second kappa shape index (κ2) is 19.0. The maximum atomic E-state index is 4.82. The van der Waals surface area contributed by atoms with Crippen molar-refractivity contribution in [3.8, 4) is 34.2 Å². The number of hydrogen-bond donors (Lipinski definition) is 6. The lowest BCUT2D eigenvalue weighted by atomic mass is 10.0. The number of rotatable bonds is 21. The molecule has 3 heterocycles. The Labute approximate surface area is 283 Å². The summed E-state index contributed by atoms with van der Waals surface area (Å²) in [6, 6.07) is 5.97. The topological polar surface area (TPSA) is 188 Å². The molecule has 0 saturated heterocycles. The molecule has 0 aliphatic rings. The van der Waals surface area contributed by atoms with Crippen molar-refractivity contribution in [1.29, 1.82) is 0 Å². The smallest absolute Gasteiger partial charge is 0.228 e. The normalized spacial score (nSPS) is 10.9. The number of benzene rings is 1. The molecule has 0 bridgehead atoms. The van der Waals surface area contributed by atoms with Crippen LogP contribution < -0.4 is 31.9 Å². The van der Waals surface area contributed by atoms with E-state index in [9.17, 15) is 0 Å². The first-order valence-electron chi connectivity index (χ1n) is 17.4. The molecule has 1 aromatic carbocycles. The van der Waals surface area contributed by atoms with Crippen LogP contribution in [-0.2, 0) is 0 Å². The minimum atomic E-state index is 0.496. The molecule has 15 heteroatoms. The highest BCUT2D eigenvalue weighted by Gasteiger charge is 2.18. The van der Waals surface area contributed by atoms with E-state index < -0.39 is 0 Å². The first-order chi connectivity index (χ1) is 23.5. The summed E-state index contributed by atoms with van der Waals surface area (Å²) in [5, 5.41) is 19.9. The van der Waals surface area contributed by atoms with Crippen LogP contribution in [0.5, 0.6) is 0 Å². The minimum absolute atomic E-state index is 0.496. The molecular weight excluding hydrogens is 606 g/mol. The van der Waals surface area contributed by atoms with Crippen molar-refractivity contribution < 1.29 is 0 Å². The zero-order valence-electron chi connectivity index (χ0n) is 29.2. The molecular formula is C33H51N15. The summed E-state index contributed by atoms with van der Waals surface area (Å²) in [7, 11) is 0. The summed E-state index contributed by atoms with van der Waals surface area (Å²) < 4.78 is 0. The van der Waals surface area contributed by atoms with Gasteiger partial charge in [-0.15, -0.1) is 0 Å². The zero-order valence-corrected chi connectivity index (χ0v) is 29.2. The van der Waals surface area contributed by atoms with Crippen molar-refractivity contribution in [2.75, 3.05) is 71.2 Å². The highest BCUT2D eigenvalue weighted by atomic mass is 15.2. The molecule has 4 aromatic rings. The standard InChI is InChI=1S/C33H51N15/c1-7-13-34-28-40-25(41-29(46-28)35-14-8-2)22-19-23(26-42-30(36-15-9-3)47-31(43-26)37-16-10-4)21-24(20-22)27-44-32(38-17-11-5)48-33(45-27)39-18-12-6/h19-21H,7-18H2,1-6H3,(H2,34,35,40,41,46)(H2,36,37,42,43,47)(H2,38,39,44,45,48). The molecule has 15 nitrogen and oxygen atoms in total. The molecule has 0 radical (unpaired) electrons. The molecule has 4 rings (SSSR count). The van der Waals surface area contributed by atoms with Gasteiger partial charge >= 0.3 is 0 Å². The fraction of sp³-hybridized carbons (Fsp3) is 0.545. The number of aromatic nitrogens is 9. The summed E-state index contributed by atoms with van der Waals surface area (Å²) in [5.41, 5.74) is 2.21. The van der Waals surface area contributed by atoms with E-state index in [1.807, 2.05) is 18.2 Å². The van der Waals surface area contributed by atoms with Crippen molar-refractivity contribution >= 4 is 35.7 Å². The lowest BCUT2D eigenvalue weighted by Crippen LogP contribution is -2.12. The predicted molar refractivity (Wildman–Crippen MR) is 196 cm³/mol. The van der Waals surface area contributed by atoms with E-state index in [0.29, 0.717) is 53.2 Å². The Bertz CT molecular complexity index is 1300. The van der Waals surface area contributed by atoms with Gasteiger partial charge in [0.2, 0.25) is 35.7 Å². The van der Waals surface area contributed by atoms with Crippen LogP contribution in [0, 0.1) is 0 Å². The van der Waals surface area contributed by atoms with Crippen LogP contribution in [0.15, 0.2) is 18.2 Å². The van der Waals surface area contributed by atoms with Gasteiger partial charge in [0.05, 0.1) is 0 Å². The van der Waals surface area contributed by atoms with E-state index in [1.165, 1.54) is 0 Å². The van der Waals surface area contributed by atoms with Crippen LogP contribution in [-0.4, -0.2) is 84.1 Å². The Kier molecular flexibility index (Phi) is 14.2. The van der Waals surface area contributed by atoms with E-state index in [1.54, 1.807) is 0 Å². The molecule has 0 atom stereocenters. The van der Waals surface area contributed by atoms with Gasteiger partial charge in [-0.1, -0.05) is 41.5 Å². The fourth-order valence-corrected chi connectivity index (χ4v) is 4.43. The van der Waals surface area contributed by atoms with Gasteiger partial charge in [0.15, 0.2) is 17.5 Å². The molecule has 6 N–H and O–H groups in total. The average Bonchev–Trinajstić information content (AvgIpc) is 3.12. The third kappa shape index (κ3) is 10.5. The van der Waals surface area contributed by atoms with Crippen molar-refractivity contribution in [2.45, 2.75) is 80.1 Å². The Hall–Kier alpha value is -4.95. The van der Waals surface area contributed by atoms with Gasteiger partial charge in [0.25, 0.3) is 0 Å². The number of nitrogens with zero attached hydrogens (tertiary/aromatic N) is 9. The second-order valence-corrected chi connectivity index (χ2v) is 11.3. The number of nitrogens with one attached hydrogen (secondary N) is 6. The molecule has 0 saturated carbocycles. The van der Waals surface area contributed by atoms with Gasteiger partial charge in [-0.05, 0) is 56.7 Å². The molecule has 48 heavy (non-hydrogen) atoms. The molecule has 0 amide bonds. The summed E-state index contributed by atoms with van der Waals surface area (Å²) in [6.45, 7) is 17.0. The fourth-order valence-electron chi connectivity index (χ4n) is 4.43. The van der Waals surface area contributed by atoms with E-state index >= 15 is 0 Å². The van der Waals surface area contributed by atoms with E-state index in [2.05, 4.69) is 88.4 Å². The van der Waals surface area contributed by atoms with E-state index in [0.717, 1.165) is 94.5 Å². The van der Waals surface area contributed by atoms with E-state index in [4.69, 9.17) is 29.9 Å². The summed E-state index contributed by atoms with van der Waals surface area (Å²) >= 11 is 0. The van der Waals surface area contributed by atoms with Crippen molar-refractivity contribution in [2.24, 2.45) is 0 Å². The molecule has 0 aliphatic carbocycles. The number of hydrogen-bond acceptors (Lipinski definition) is 15. The predicted octanol–water partition coefficient (Wildman–Crippen LogP) is 6.17. The zero-order chi connectivity index (χ0) is 34.1. The van der Waals surface area contributed by atoms with Crippen LogP contribution in [0.1, 0.15) is 80.1 Å². The van der Waals surface area contributed by atoms with Crippen LogP contribution >= 0.6 is 0 Å². The van der Waals surface area contributed by atoms with Crippen LogP contribution in [0.3, 0.4) is 0 Å². The van der Waals surface area contributed by atoms with Gasteiger partial charge in [-0.3, -0.25) is 0 Å². The molecule has 0 aliphatic heterocycles. The van der Waals surface area contributed by atoms with Crippen molar-refractivity contribution in [3.63, 3.8) is 0 Å². The van der Waals surface area contributed by atoms with Crippen molar-refractivity contribution in [3.05, 3.63) is 18.2 Å². The largest absolute Gasteiger partial charge is 0.354 e. The van der Waals surface area contributed by atoms with Gasteiger partial charge in [-0.25, -0.2) is 0 Å². The Morgan fingerprint density at radius 1 is 0.312 bits per heavy atom. The average molecular weight is 658 g/mol. The second-order valence-electron chi connectivity index (χ2n) is 11.3. The maximum absolute atomic E-state index is 4.82. The Morgan fingerprint density at radius 3 is 0.667 bits per heavy atom.